The molecule has 0 amide bonds. The lowest BCUT2D eigenvalue weighted by Crippen LogP contribution is -2.31. The highest BCUT2D eigenvalue weighted by atomic mass is 79.9. The van der Waals surface area contributed by atoms with Crippen LogP contribution >= 0.6 is 15.9 Å². The van der Waals surface area contributed by atoms with Crippen molar-refractivity contribution in [2.75, 3.05) is 6.54 Å². The van der Waals surface area contributed by atoms with Crippen molar-refractivity contribution >= 4 is 15.9 Å². The molecule has 0 aliphatic carbocycles. The SMILES string of the molecule is CCCC(Cc1ncncc1Br)NCC. The predicted molar refractivity (Wildman–Crippen MR) is 65.8 cm³/mol. The van der Waals surface area contributed by atoms with Crippen LogP contribution in [0.5, 0.6) is 0 Å². The average molecular weight is 272 g/mol. The summed E-state index contributed by atoms with van der Waals surface area (Å²) in [6.07, 6.45) is 6.75. The van der Waals surface area contributed by atoms with Gasteiger partial charge in [-0.15, -0.1) is 0 Å². The maximum absolute atomic E-state index is 4.28. The molecule has 4 heteroatoms. The summed E-state index contributed by atoms with van der Waals surface area (Å²) in [4.78, 5) is 8.25. The van der Waals surface area contributed by atoms with E-state index in [2.05, 4.69) is 45.1 Å². The van der Waals surface area contributed by atoms with E-state index >= 15 is 0 Å². The summed E-state index contributed by atoms with van der Waals surface area (Å²) in [7, 11) is 0. The molecule has 0 saturated carbocycles. The van der Waals surface area contributed by atoms with Gasteiger partial charge in [0.05, 0.1) is 10.2 Å². The highest BCUT2D eigenvalue weighted by Crippen LogP contribution is 2.15. The molecule has 0 fully saturated rings. The number of likely N-dealkylation sites (N-methyl/N-ethyl adjacent to an activating group) is 1. The van der Waals surface area contributed by atoms with Gasteiger partial charge in [0.15, 0.2) is 0 Å². The Morgan fingerprint density at radius 1 is 1.47 bits per heavy atom. The number of nitrogens with one attached hydrogen (secondary N) is 1. The lowest BCUT2D eigenvalue weighted by atomic mass is 10.1. The first-order valence-electron chi connectivity index (χ1n) is 5.45. The first-order chi connectivity index (χ1) is 7.27. The van der Waals surface area contributed by atoms with Crippen molar-refractivity contribution in [2.45, 2.75) is 39.2 Å². The molecule has 84 valence electrons. The fourth-order valence-electron chi connectivity index (χ4n) is 1.64. The second-order valence-electron chi connectivity index (χ2n) is 3.56. The normalized spacial score (nSPS) is 12.7. The molecule has 1 heterocycles. The highest BCUT2D eigenvalue weighted by Gasteiger charge is 2.10. The number of halogens is 1. The third-order valence-electron chi connectivity index (χ3n) is 2.31. The van der Waals surface area contributed by atoms with Gasteiger partial charge >= 0.3 is 0 Å². The van der Waals surface area contributed by atoms with E-state index in [9.17, 15) is 0 Å². The summed E-state index contributed by atoms with van der Waals surface area (Å²) in [5, 5.41) is 3.48. The van der Waals surface area contributed by atoms with Gasteiger partial charge in [-0.1, -0.05) is 20.3 Å². The lowest BCUT2D eigenvalue weighted by molar-refractivity contribution is 0.480. The summed E-state index contributed by atoms with van der Waals surface area (Å²) in [5.74, 6) is 0. The molecular weight excluding hydrogens is 254 g/mol. The van der Waals surface area contributed by atoms with E-state index in [1.165, 1.54) is 12.8 Å². The number of nitrogens with zero attached hydrogens (tertiary/aromatic N) is 2. The molecule has 1 atom stereocenters. The molecule has 0 spiro atoms. The predicted octanol–water partition coefficient (Wildman–Crippen LogP) is 2.56. The van der Waals surface area contributed by atoms with Crippen molar-refractivity contribution < 1.29 is 0 Å². The molecule has 1 unspecified atom stereocenters. The van der Waals surface area contributed by atoms with Crippen LogP contribution in [0.25, 0.3) is 0 Å². The molecule has 3 nitrogen and oxygen atoms in total. The Kier molecular flexibility index (Phi) is 5.79. The quantitative estimate of drug-likeness (QED) is 0.864. The Balaban J connectivity index is 2.60. The first kappa shape index (κ1) is 12.6. The second kappa shape index (κ2) is 6.90. The van der Waals surface area contributed by atoms with Crippen LogP contribution in [-0.2, 0) is 6.42 Å². The molecule has 0 aliphatic heterocycles. The van der Waals surface area contributed by atoms with Gasteiger partial charge in [-0.05, 0) is 28.9 Å². The van der Waals surface area contributed by atoms with Crippen LogP contribution in [0.2, 0.25) is 0 Å². The molecule has 1 rings (SSSR count). The Morgan fingerprint density at radius 2 is 2.27 bits per heavy atom. The molecule has 1 aromatic heterocycles. The van der Waals surface area contributed by atoms with Gasteiger partial charge in [0.1, 0.15) is 6.33 Å². The minimum atomic E-state index is 0.520. The molecule has 0 radical (unpaired) electrons. The molecule has 0 aliphatic rings. The molecule has 15 heavy (non-hydrogen) atoms. The molecule has 1 N–H and O–H groups in total. The van der Waals surface area contributed by atoms with E-state index in [0.717, 1.165) is 23.1 Å². The number of aromatic nitrogens is 2. The number of hydrogen-bond donors (Lipinski definition) is 1. The minimum Gasteiger partial charge on any atom is -0.314 e. The van der Waals surface area contributed by atoms with Crippen LogP contribution in [0.3, 0.4) is 0 Å². The molecule has 0 saturated heterocycles. The summed E-state index contributed by atoms with van der Waals surface area (Å²) < 4.78 is 1.00. The van der Waals surface area contributed by atoms with Crippen molar-refractivity contribution in [3.63, 3.8) is 0 Å². The van der Waals surface area contributed by atoms with E-state index in [0.29, 0.717) is 6.04 Å². The Labute approximate surface area is 99.8 Å². The minimum absolute atomic E-state index is 0.520. The number of rotatable bonds is 6. The standard InChI is InChI=1S/C11H18BrN3/c1-3-5-9(14-4-2)6-11-10(12)7-13-8-15-11/h7-9,14H,3-6H2,1-2H3. The van der Waals surface area contributed by atoms with Gasteiger partial charge in [0.2, 0.25) is 0 Å². The zero-order valence-corrected chi connectivity index (χ0v) is 10.9. The van der Waals surface area contributed by atoms with Crippen molar-refractivity contribution in [2.24, 2.45) is 0 Å². The Bertz CT molecular complexity index is 285. The van der Waals surface area contributed by atoms with E-state index in [-0.39, 0.29) is 0 Å². The van der Waals surface area contributed by atoms with Crippen LogP contribution in [0.1, 0.15) is 32.4 Å². The van der Waals surface area contributed by atoms with Gasteiger partial charge in [0.25, 0.3) is 0 Å². The van der Waals surface area contributed by atoms with E-state index in [1.807, 2.05) is 0 Å². The van der Waals surface area contributed by atoms with Crippen molar-refractivity contribution in [3.8, 4) is 0 Å². The van der Waals surface area contributed by atoms with Gasteiger partial charge in [-0.3, -0.25) is 0 Å². The Hall–Kier alpha value is -0.480. The summed E-state index contributed by atoms with van der Waals surface area (Å²) in [6.45, 7) is 5.35. The summed E-state index contributed by atoms with van der Waals surface area (Å²) >= 11 is 3.47. The summed E-state index contributed by atoms with van der Waals surface area (Å²) in [5.41, 5.74) is 1.09. The van der Waals surface area contributed by atoms with Crippen LogP contribution in [0.15, 0.2) is 17.0 Å². The van der Waals surface area contributed by atoms with Crippen LogP contribution in [-0.4, -0.2) is 22.6 Å². The molecule has 0 aromatic carbocycles. The van der Waals surface area contributed by atoms with Crippen LogP contribution in [0.4, 0.5) is 0 Å². The highest BCUT2D eigenvalue weighted by molar-refractivity contribution is 9.10. The van der Waals surface area contributed by atoms with E-state index in [1.54, 1.807) is 12.5 Å². The second-order valence-corrected chi connectivity index (χ2v) is 4.42. The van der Waals surface area contributed by atoms with Gasteiger partial charge in [0, 0.05) is 18.7 Å². The maximum Gasteiger partial charge on any atom is 0.115 e. The smallest absolute Gasteiger partial charge is 0.115 e. The van der Waals surface area contributed by atoms with Crippen LogP contribution in [0, 0.1) is 0 Å². The third kappa shape index (κ3) is 4.26. The number of hydrogen-bond acceptors (Lipinski definition) is 3. The largest absolute Gasteiger partial charge is 0.314 e. The van der Waals surface area contributed by atoms with Gasteiger partial charge < -0.3 is 5.32 Å². The monoisotopic (exact) mass is 271 g/mol. The third-order valence-corrected chi connectivity index (χ3v) is 2.98. The lowest BCUT2D eigenvalue weighted by Gasteiger charge is -2.16. The molecule has 0 bridgehead atoms. The van der Waals surface area contributed by atoms with Gasteiger partial charge in [-0.25, -0.2) is 9.97 Å². The van der Waals surface area contributed by atoms with Gasteiger partial charge in [-0.2, -0.15) is 0 Å². The zero-order valence-electron chi connectivity index (χ0n) is 9.33. The van der Waals surface area contributed by atoms with Crippen molar-refractivity contribution in [1.82, 2.24) is 15.3 Å². The van der Waals surface area contributed by atoms with Crippen molar-refractivity contribution in [3.05, 3.63) is 22.7 Å². The molecule has 1 aromatic rings. The van der Waals surface area contributed by atoms with E-state index < -0.39 is 0 Å². The average Bonchev–Trinajstić information content (AvgIpc) is 2.22. The van der Waals surface area contributed by atoms with Crippen LogP contribution < -0.4 is 5.32 Å². The van der Waals surface area contributed by atoms with Crippen molar-refractivity contribution in [1.29, 1.82) is 0 Å². The fourth-order valence-corrected chi connectivity index (χ4v) is 2.02. The topological polar surface area (TPSA) is 37.8 Å². The zero-order chi connectivity index (χ0) is 11.1. The fraction of sp³-hybridized carbons (Fsp3) is 0.636. The molecular formula is C11H18BrN3. The first-order valence-corrected chi connectivity index (χ1v) is 6.25. The Morgan fingerprint density at radius 3 is 2.87 bits per heavy atom. The summed E-state index contributed by atoms with van der Waals surface area (Å²) in [6, 6.07) is 0.520. The van der Waals surface area contributed by atoms with E-state index in [4.69, 9.17) is 0 Å². The maximum atomic E-state index is 4.28.